The maximum absolute atomic E-state index is 12.5. The van der Waals surface area contributed by atoms with Crippen LogP contribution in [-0.2, 0) is 14.8 Å². The largest absolute Gasteiger partial charge is 0.482 e. The third kappa shape index (κ3) is 6.09. The predicted octanol–water partition coefficient (Wildman–Crippen LogP) is 3.78. The van der Waals surface area contributed by atoms with Gasteiger partial charge in [0.2, 0.25) is 10.0 Å². The lowest BCUT2D eigenvalue weighted by molar-refractivity contribution is -0.123. The molecule has 0 unspecified atom stereocenters. The number of amides is 1. The Bertz CT molecular complexity index is 770. The van der Waals surface area contributed by atoms with Crippen LogP contribution in [0.25, 0.3) is 0 Å². The summed E-state index contributed by atoms with van der Waals surface area (Å²) >= 11 is 6.20. The van der Waals surface area contributed by atoms with Gasteiger partial charge in [-0.1, -0.05) is 50.1 Å². The molecule has 1 aromatic carbocycles. The molecule has 28 heavy (non-hydrogen) atoms. The summed E-state index contributed by atoms with van der Waals surface area (Å²) in [6, 6.07) is 4.54. The Morgan fingerprint density at radius 2 is 1.61 bits per heavy atom. The number of halogens is 1. The van der Waals surface area contributed by atoms with Gasteiger partial charge in [0.25, 0.3) is 5.91 Å². The van der Waals surface area contributed by atoms with Gasteiger partial charge in [0.05, 0.1) is 9.92 Å². The summed E-state index contributed by atoms with van der Waals surface area (Å²) in [6.45, 7) is -0.136. The Kier molecular flexibility index (Phi) is 7.60. The van der Waals surface area contributed by atoms with Crippen molar-refractivity contribution in [1.82, 2.24) is 10.0 Å². The highest BCUT2D eigenvalue weighted by Gasteiger charge is 2.23. The van der Waals surface area contributed by atoms with E-state index >= 15 is 0 Å². The van der Waals surface area contributed by atoms with Crippen molar-refractivity contribution in [2.24, 2.45) is 0 Å². The number of hydrogen-bond donors (Lipinski definition) is 2. The van der Waals surface area contributed by atoms with Gasteiger partial charge in [0.15, 0.2) is 6.61 Å². The highest BCUT2D eigenvalue weighted by Crippen LogP contribution is 2.28. The maximum atomic E-state index is 12.5. The second-order valence-electron chi connectivity index (χ2n) is 7.74. The fourth-order valence-electron chi connectivity index (χ4n) is 3.93. The van der Waals surface area contributed by atoms with E-state index in [1.165, 1.54) is 31.0 Å². The first kappa shape index (κ1) is 21.4. The third-order valence-electron chi connectivity index (χ3n) is 5.47. The number of benzene rings is 1. The lowest BCUT2D eigenvalue weighted by Gasteiger charge is -2.17. The minimum atomic E-state index is -3.61. The van der Waals surface area contributed by atoms with Crippen LogP contribution < -0.4 is 14.8 Å². The molecule has 0 spiro atoms. The normalized spacial score (nSPS) is 19.3. The van der Waals surface area contributed by atoms with Crippen molar-refractivity contribution in [1.29, 1.82) is 0 Å². The van der Waals surface area contributed by atoms with E-state index < -0.39 is 10.0 Å². The molecule has 1 aromatic rings. The lowest BCUT2D eigenvalue weighted by Crippen LogP contribution is -2.37. The summed E-state index contributed by atoms with van der Waals surface area (Å²) < 4.78 is 33.2. The second kappa shape index (κ2) is 9.94. The molecule has 156 valence electrons. The van der Waals surface area contributed by atoms with Crippen LogP contribution in [0.1, 0.15) is 64.2 Å². The highest BCUT2D eigenvalue weighted by atomic mass is 35.5. The van der Waals surface area contributed by atoms with Crippen molar-refractivity contribution in [3.8, 4) is 5.75 Å². The fraction of sp³-hybridized carbons (Fsp3) is 0.650. The van der Waals surface area contributed by atoms with E-state index in [0.717, 1.165) is 51.4 Å². The molecule has 2 N–H and O–H groups in total. The van der Waals surface area contributed by atoms with Crippen molar-refractivity contribution in [2.45, 2.75) is 81.2 Å². The molecule has 2 saturated carbocycles. The molecular weight excluding hydrogens is 400 g/mol. The van der Waals surface area contributed by atoms with Crippen LogP contribution in [0.4, 0.5) is 0 Å². The first-order valence-electron chi connectivity index (χ1n) is 10.2. The van der Waals surface area contributed by atoms with Gasteiger partial charge in [-0.15, -0.1) is 0 Å². The van der Waals surface area contributed by atoms with Gasteiger partial charge in [-0.05, 0) is 43.9 Å². The smallest absolute Gasteiger partial charge is 0.258 e. The topological polar surface area (TPSA) is 84.5 Å². The first-order chi connectivity index (χ1) is 13.4. The maximum Gasteiger partial charge on any atom is 0.258 e. The molecular formula is C20H29ClN2O4S. The van der Waals surface area contributed by atoms with Crippen molar-refractivity contribution in [3.63, 3.8) is 0 Å². The predicted molar refractivity (Wildman–Crippen MR) is 109 cm³/mol. The average molecular weight is 429 g/mol. The molecule has 0 radical (unpaired) electrons. The third-order valence-corrected chi connectivity index (χ3v) is 7.28. The van der Waals surface area contributed by atoms with Crippen LogP contribution in [0.3, 0.4) is 0 Å². The van der Waals surface area contributed by atoms with E-state index in [1.54, 1.807) is 0 Å². The van der Waals surface area contributed by atoms with Gasteiger partial charge >= 0.3 is 0 Å². The molecule has 0 aliphatic heterocycles. The molecule has 0 heterocycles. The van der Waals surface area contributed by atoms with Gasteiger partial charge in [0.1, 0.15) is 5.75 Å². The Morgan fingerprint density at radius 1 is 1.00 bits per heavy atom. The minimum absolute atomic E-state index is 0.00705. The molecule has 6 nitrogen and oxygen atoms in total. The van der Waals surface area contributed by atoms with Crippen molar-refractivity contribution >= 4 is 27.5 Å². The lowest BCUT2D eigenvalue weighted by atomic mass is 10.1. The van der Waals surface area contributed by atoms with Crippen LogP contribution in [0.2, 0.25) is 5.02 Å². The number of carbonyl (C=O) groups excluding carboxylic acids is 1. The summed E-state index contributed by atoms with van der Waals surface area (Å²) in [4.78, 5) is 12.3. The first-order valence-corrected chi connectivity index (χ1v) is 12.0. The van der Waals surface area contributed by atoms with E-state index in [9.17, 15) is 13.2 Å². The summed E-state index contributed by atoms with van der Waals surface area (Å²) in [7, 11) is -3.61. The van der Waals surface area contributed by atoms with Crippen LogP contribution >= 0.6 is 11.6 Å². The number of rotatable bonds is 7. The van der Waals surface area contributed by atoms with E-state index in [0.29, 0.717) is 5.75 Å². The standard InChI is InChI=1S/C20H29ClN2O4S/c21-18-13-17(28(25,26)23-16-9-5-6-10-16)11-12-19(18)27-14-20(24)22-15-7-3-1-2-4-8-15/h11-13,15-16,23H,1-10,14H2,(H,22,24). The second-order valence-corrected chi connectivity index (χ2v) is 9.86. The molecule has 2 aliphatic rings. The molecule has 0 aromatic heterocycles. The number of ether oxygens (including phenoxy) is 1. The Labute approximate surface area is 172 Å². The Hall–Kier alpha value is -1.31. The zero-order chi connectivity index (χ0) is 20.0. The summed E-state index contributed by atoms with van der Waals surface area (Å²) in [5.41, 5.74) is 0. The van der Waals surface area contributed by atoms with Gasteiger partial charge in [-0.2, -0.15) is 0 Å². The molecule has 1 amide bonds. The van der Waals surface area contributed by atoms with Gasteiger partial charge in [0, 0.05) is 12.1 Å². The number of carbonyl (C=O) groups is 1. The monoisotopic (exact) mass is 428 g/mol. The number of hydrogen-bond acceptors (Lipinski definition) is 4. The Morgan fingerprint density at radius 3 is 2.25 bits per heavy atom. The van der Waals surface area contributed by atoms with Crippen LogP contribution in [0.15, 0.2) is 23.1 Å². The van der Waals surface area contributed by atoms with Gasteiger partial charge < -0.3 is 10.1 Å². The fourth-order valence-corrected chi connectivity index (χ4v) is 5.56. The summed E-state index contributed by atoms with van der Waals surface area (Å²) in [5.74, 6) is 0.125. The Balaban J connectivity index is 1.54. The van der Waals surface area contributed by atoms with Crippen molar-refractivity contribution in [2.75, 3.05) is 6.61 Å². The molecule has 2 aliphatic carbocycles. The number of nitrogens with one attached hydrogen (secondary N) is 2. The van der Waals surface area contributed by atoms with Crippen molar-refractivity contribution < 1.29 is 17.9 Å². The van der Waals surface area contributed by atoms with E-state index in [4.69, 9.17) is 16.3 Å². The molecule has 3 rings (SSSR count). The van der Waals surface area contributed by atoms with Crippen LogP contribution in [0.5, 0.6) is 5.75 Å². The molecule has 0 saturated heterocycles. The molecule has 0 bridgehead atoms. The minimum Gasteiger partial charge on any atom is -0.482 e. The van der Waals surface area contributed by atoms with Crippen molar-refractivity contribution in [3.05, 3.63) is 23.2 Å². The van der Waals surface area contributed by atoms with E-state index in [2.05, 4.69) is 10.0 Å². The molecule has 0 atom stereocenters. The SMILES string of the molecule is O=C(COc1ccc(S(=O)(=O)NC2CCCC2)cc1Cl)NC1CCCCCC1. The zero-order valence-corrected chi connectivity index (χ0v) is 17.7. The van der Waals surface area contributed by atoms with Crippen LogP contribution in [-0.4, -0.2) is 33.0 Å². The molecule has 2 fully saturated rings. The van der Waals surface area contributed by atoms with Gasteiger partial charge in [-0.3, -0.25) is 4.79 Å². The van der Waals surface area contributed by atoms with Gasteiger partial charge in [-0.25, -0.2) is 13.1 Å². The van der Waals surface area contributed by atoms with E-state index in [-0.39, 0.29) is 34.5 Å². The average Bonchev–Trinajstić information content (AvgIpc) is 3.02. The zero-order valence-electron chi connectivity index (χ0n) is 16.1. The number of sulfonamides is 1. The summed E-state index contributed by atoms with van der Waals surface area (Å²) in [6.07, 6.45) is 10.6. The quantitative estimate of drug-likeness (QED) is 0.647. The van der Waals surface area contributed by atoms with E-state index in [1.807, 2.05) is 0 Å². The molecule has 8 heteroatoms. The highest BCUT2D eigenvalue weighted by molar-refractivity contribution is 7.89. The van der Waals surface area contributed by atoms with Crippen LogP contribution in [0, 0.1) is 0 Å². The summed E-state index contributed by atoms with van der Waals surface area (Å²) in [5, 5.41) is 3.19.